The van der Waals surface area contributed by atoms with Crippen LogP contribution < -0.4 is 4.72 Å². The van der Waals surface area contributed by atoms with E-state index in [2.05, 4.69) is 9.71 Å². The molecule has 0 unspecified atom stereocenters. The van der Waals surface area contributed by atoms with Crippen LogP contribution >= 0.6 is 0 Å². The molecule has 24 heavy (non-hydrogen) atoms. The Morgan fingerprint density at radius 2 is 1.88 bits per heavy atom. The average Bonchev–Trinajstić information content (AvgIpc) is 3.04. The molecule has 1 N–H and O–H groups in total. The first kappa shape index (κ1) is 16.7. The quantitative estimate of drug-likeness (QED) is 0.894. The molecule has 1 aliphatic rings. The molecule has 0 atom stereocenters. The van der Waals surface area contributed by atoms with E-state index in [9.17, 15) is 13.2 Å². The Labute approximate surface area is 141 Å². The number of aromatic nitrogens is 2. The zero-order valence-electron chi connectivity index (χ0n) is 13.4. The molecule has 2 heterocycles. The van der Waals surface area contributed by atoms with Crippen LogP contribution in [0, 0.1) is 0 Å². The van der Waals surface area contributed by atoms with Gasteiger partial charge < -0.3 is 4.90 Å². The number of carbonyl (C=O) groups excluding carboxylic acids is 1. The van der Waals surface area contributed by atoms with E-state index < -0.39 is 10.0 Å². The lowest BCUT2D eigenvalue weighted by Gasteiger charge is -2.32. The van der Waals surface area contributed by atoms with Gasteiger partial charge in [0.15, 0.2) is 0 Å². The summed E-state index contributed by atoms with van der Waals surface area (Å²) in [5, 5.41) is 0. The Morgan fingerprint density at radius 1 is 1.21 bits per heavy atom. The van der Waals surface area contributed by atoms with Crippen molar-refractivity contribution in [3.8, 4) is 5.69 Å². The number of nitrogens with one attached hydrogen (secondary N) is 1. The third-order valence-electron chi connectivity index (χ3n) is 4.05. The molecule has 128 valence electrons. The Morgan fingerprint density at radius 3 is 2.50 bits per heavy atom. The average molecular weight is 348 g/mol. The van der Waals surface area contributed by atoms with Gasteiger partial charge in [-0.2, -0.15) is 0 Å². The van der Waals surface area contributed by atoms with Crippen molar-refractivity contribution in [2.45, 2.75) is 18.9 Å². The molecule has 2 aromatic rings. The number of carbonyl (C=O) groups is 1. The lowest BCUT2D eigenvalue weighted by Crippen LogP contribution is -2.46. The third-order valence-corrected chi connectivity index (χ3v) is 4.82. The van der Waals surface area contributed by atoms with Crippen LogP contribution in [0.3, 0.4) is 0 Å². The molecule has 7 nitrogen and oxygen atoms in total. The number of amides is 1. The molecule has 1 aromatic carbocycles. The fraction of sp³-hybridized carbons (Fsp3) is 0.375. The van der Waals surface area contributed by atoms with Gasteiger partial charge in [-0.05, 0) is 25.0 Å². The van der Waals surface area contributed by atoms with Crippen LogP contribution in [0.15, 0.2) is 42.9 Å². The number of imidazole rings is 1. The number of hydrogen-bond acceptors (Lipinski definition) is 4. The first-order chi connectivity index (χ1) is 11.4. The molecular weight excluding hydrogens is 328 g/mol. The van der Waals surface area contributed by atoms with Gasteiger partial charge >= 0.3 is 0 Å². The Kier molecular flexibility index (Phi) is 4.68. The van der Waals surface area contributed by atoms with Gasteiger partial charge in [0, 0.05) is 24.8 Å². The van der Waals surface area contributed by atoms with Gasteiger partial charge in [0.2, 0.25) is 10.0 Å². The summed E-state index contributed by atoms with van der Waals surface area (Å²) in [6.07, 6.45) is 5.57. The number of sulfonamides is 1. The van der Waals surface area contributed by atoms with E-state index in [4.69, 9.17) is 0 Å². The highest BCUT2D eigenvalue weighted by atomic mass is 32.2. The molecule has 1 aliphatic heterocycles. The highest BCUT2D eigenvalue weighted by Crippen LogP contribution is 2.17. The number of piperidine rings is 1. The Hall–Kier alpha value is -2.19. The van der Waals surface area contributed by atoms with E-state index in [1.54, 1.807) is 22.0 Å². The summed E-state index contributed by atoms with van der Waals surface area (Å²) in [4.78, 5) is 18.6. The zero-order valence-corrected chi connectivity index (χ0v) is 14.2. The second-order valence-electron chi connectivity index (χ2n) is 5.94. The molecule has 0 spiro atoms. The zero-order chi connectivity index (χ0) is 17.2. The lowest BCUT2D eigenvalue weighted by molar-refractivity contribution is 0.0703. The fourth-order valence-corrected chi connectivity index (χ4v) is 3.75. The molecule has 0 bridgehead atoms. The summed E-state index contributed by atoms with van der Waals surface area (Å²) in [5.41, 5.74) is 1.39. The number of para-hydroxylation sites is 1. The van der Waals surface area contributed by atoms with Gasteiger partial charge in [0.25, 0.3) is 5.91 Å². The summed E-state index contributed by atoms with van der Waals surface area (Å²) < 4.78 is 27.0. The first-order valence-corrected chi connectivity index (χ1v) is 9.67. The topological polar surface area (TPSA) is 84.3 Å². The standard InChI is InChI=1S/C16H20N4O3S/c1-24(22,23)18-13-7-9-19(10-8-13)16(21)15-11-17-12-20(15)14-5-3-2-4-6-14/h2-6,11-13,18H,7-10H2,1H3. The van der Waals surface area contributed by atoms with Gasteiger partial charge in [-0.1, -0.05) is 18.2 Å². The van der Waals surface area contributed by atoms with E-state index in [-0.39, 0.29) is 11.9 Å². The SMILES string of the molecule is CS(=O)(=O)NC1CCN(C(=O)c2cncn2-c2ccccc2)CC1. The molecular formula is C16H20N4O3S. The summed E-state index contributed by atoms with van der Waals surface area (Å²) >= 11 is 0. The van der Waals surface area contributed by atoms with Crippen LogP contribution in [0.4, 0.5) is 0 Å². The summed E-state index contributed by atoms with van der Waals surface area (Å²) in [7, 11) is -3.21. The number of benzene rings is 1. The van der Waals surface area contributed by atoms with Crippen molar-refractivity contribution >= 4 is 15.9 Å². The Balaban J connectivity index is 1.70. The molecule has 0 aliphatic carbocycles. The van der Waals surface area contributed by atoms with E-state index >= 15 is 0 Å². The van der Waals surface area contributed by atoms with Crippen molar-refractivity contribution in [1.82, 2.24) is 19.2 Å². The maximum absolute atomic E-state index is 12.8. The lowest BCUT2D eigenvalue weighted by atomic mass is 10.1. The van der Waals surface area contributed by atoms with Crippen LogP contribution in [-0.2, 0) is 10.0 Å². The van der Waals surface area contributed by atoms with E-state index in [1.165, 1.54) is 0 Å². The van der Waals surface area contributed by atoms with Crippen LogP contribution in [0.5, 0.6) is 0 Å². The monoisotopic (exact) mass is 348 g/mol. The Bertz CT molecular complexity index is 809. The van der Waals surface area contributed by atoms with Crippen molar-refractivity contribution < 1.29 is 13.2 Å². The minimum atomic E-state index is -3.21. The molecule has 3 rings (SSSR count). The fourth-order valence-electron chi connectivity index (χ4n) is 2.91. The van der Waals surface area contributed by atoms with Crippen molar-refractivity contribution in [3.05, 3.63) is 48.5 Å². The molecule has 8 heteroatoms. The van der Waals surface area contributed by atoms with Gasteiger partial charge in [-0.3, -0.25) is 9.36 Å². The number of hydrogen-bond donors (Lipinski definition) is 1. The molecule has 1 aromatic heterocycles. The van der Waals surface area contributed by atoms with Gasteiger partial charge in [0.05, 0.1) is 18.8 Å². The van der Waals surface area contributed by atoms with Crippen LogP contribution in [0.1, 0.15) is 23.3 Å². The van der Waals surface area contributed by atoms with Gasteiger partial charge in [-0.25, -0.2) is 18.1 Å². The summed E-state index contributed by atoms with van der Waals surface area (Å²) in [5.74, 6) is -0.0887. The molecule has 1 saturated heterocycles. The van der Waals surface area contributed by atoms with Crippen molar-refractivity contribution in [3.63, 3.8) is 0 Å². The predicted molar refractivity (Wildman–Crippen MR) is 90.5 cm³/mol. The van der Waals surface area contributed by atoms with Gasteiger partial charge in [0.1, 0.15) is 5.69 Å². The predicted octanol–water partition coefficient (Wildman–Crippen LogP) is 1.03. The largest absolute Gasteiger partial charge is 0.337 e. The van der Waals surface area contributed by atoms with E-state index in [0.29, 0.717) is 31.6 Å². The number of nitrogens with zero attached hydrogens (tertiary/aromatic N) is 3. The van der Waals surface area contributed by atoms with E-state index in [1.807, 2.05) is 30.3 Å². The molecule has 1 amide bonds. The number of rotatable bonds is 4. The third kappa shape index (κ3) is 3.82. The summed E-state index contributed by atoms with van der Waals surface area (Å²) in [6, 6.07) is 9.46. The highest BCUT2D eigenvalue weighted by Gasteiger charge is 2.27. The second kappa shape index (κ2) is 6.74. The van der Waals surface area contributed by atoms with Crippen LogP contribution in [0.25, 0.3) is 5.69 Å². The van der Waals surface area contributed by atoms with Crippen LogP contribution in [-0.4, -0.2) is 54.2 Å². The normalized spacial score (nSPS) is 16.3. The van der Waals surface area contributed by atoms with Crippen molar-refractivity contribution in [2.24, 2.45) is 0 Å². The molecule has 1 fully saturated rings. The maximum Gasteiger partial charge on any atom is 0.272 e. The van der Waals surface area contributed by atoms with Gasteiger partial charge in [-0.15, -0.1) is 0 Å². The van der Waals surface area contributed by atoms with Crippen LogP contribution in [0.2, 0.25) is 0 Å². The first-order valence-electron chi connectivity index (χ1n) is 7.78. The smallest absolute Gasteiger partial charge is 0.272 e. The highest BCUT2D eigenvalue weighted by molar-refractivity contribution is 7.88. The summed E-state index contributed by atoms with van der Waals surface area (Å²) in [6.45, 7) is 1.04. The second-order valence-corrected chi connectivity index (χ2v) is 7.72. The van der Waals surface area contributed by atoms with Crippen molar-refractivity contribution in [1.29, 1.82) is 0 Å². The maximum atomic E-state index is 12.8. The molecule has 0 saturated carbocycles. The van der Waals surface area contributed by atoms with E-state index in [0.717, 1.165) is 11.9 Å². The minimum absolute atomic E-state index is 0.0887. The molecule has 0 radical (unpaired) electrons. The van der Waals surface area contributed by atoms with Crippen molar-refractivity contribution in [2.75, 3.05) is 19.3 Å². The minimum Gasteiger partial charge on any atom is -0.337 e. The number of likely N-dealkylation sites (tertiary alicyclic amines) is 1.